The van der Waals surface area contributed by atoms with Crippen LogP contribution in [0.3, 0.4) is 0 Å². The highest BCUT2D eigenvalue weighted by Crippen LogP contribution is 2.19. The molecule has 1 aliphatic heterocycles. The second kappa shape index (κ2) is 6.23. The summed E-state index contributed by atoms with van der Waals surface area (Å²) < 4.78 is 5.15. The number of non-ortho nitro benzene ring substituents is 1. The molecule has 23 heavy (non-hydrogen) atoms. The zero-order chi connectivity index (χ0) is 16.2. The summed E-state index contributed by atoms with van der Waals surface area (Å²) in [6, 6.07) is 15.4. The van der Waals surface area contributed by atoms with Gasteiger partial charge in [-0.1, -0.05) is 30.3 Å². The van der Waals surface area contributed by atoms with E-state index in [1.165, 1.54) is 12.1 Å². The van der Waals surface area contributed by atoms with E-state index in [-0.39, 0.29) is 11.4 Å². The minimum Gasteiger partial charge on any atom is -0.406 e. The largest absolute Gasteiger partial charge is 0.406 e. The quantitative estimate of drug-likeness (QED) is 0.376. The van der Waals surface area contributed by atoms with Crippen LogP contribution in [0.2, 0.25) is 0 Å². The van der Waals surface area contributed by atoms with Crippen molar-refractivity contribution in [3.63, 3.8) is 0 Å². The van der Waals surface area contributed by atoms with Crippen molar-refractivity contribution in [2.45, 2.75) is 6.42 Å². The predicted molar refractivity (Wildman–Crippen MR) is 84.7 cm³/mol. The van der Waals surface area contributed by atoms with Crippen molar-refractivity contribution in [1.29, 1.82) is 0 Å². The molecule has 0 aromatic heterocycles. The normalized spacial score (nSPS) is 15.4. The van der Waals surface area contributed by atoms with Crippen LogP contribution in [0.15, 0.2) is 65.3 Å². The van der Waals surface area contributed by atoms with Crippen LogP contribution in [0.5, 0.6) is 0 Å². The molecule has 0 unspecified atom stereocenters. The molecule has 3 rings (SSSR count). The van der Waals surface area contributed by atoms with Gasteiger partial charge in [0.25, 0.3) is 5.69 Å². The van der Waals surface area contributed by atoms with Gasteiger partial charge < -0.3 is 4.74 Å². The Morgan fingerprint density at radius 3 is 2.43 bits per heavy atom. The third-order valence-corrected chi connectivity index (χ3v) is 3.27. The van der Waals surface area contributed by atoms with E-state index in [0.29, 0.717) is 17.9 Å². The molecule has 0 radical (unpaired) electrons. The molecule has 0 saturated carbocycles. The number of ether oxygens (including phenoxy) is 1. The fraction of sp³-hybridized carbons (Fsp3) is 0.0588. The number of aliphatic imine (C=N–C) groups is 1. The minimum atomic E-state index is -0.519. The number of benzene rings is 2. The van der Waals surface area contributed by atoms with Crippen LogP contribution in [0.4, 0.5) is 5.69 Å². The summed E-state index contributed by atoms with van der Waals surface area (Å²) in [7, 11) is 0. The summed E-state index contributed by atoms with van der Waals surface area (Å²) in [5.74, 6) is -0.177. The van der Waals surface area contributed by atoms with Gasteiger partial charge in [0, 0.05) is 18.6 Å². The van der Waals surface area contributed by atoms with E-state index in [2.05, 4.69) is 4.99 Å². The van der Waals surface area contributed by atoms with E-state index in [9.17, 15) is 14.9 Å². The van der Waals surface area contributed by atoms with Crippen molar-refractivity contribution < 1.29 is 14.5 Å². The molecule has 0 amide bonds. The summed E-state index contributed by atoms with van der Waals surface area (Å²) >= 11 is 0. The van der Waals surface area contributed by atoms with Crippen LogP contribution in [-0.2, 0) is 16.0 Å². The Kier molecular flexibility index (Phi) is 3.97. The van der Waals surface area contributed by atoms with Crippen molar-refractivity contribution in [1.82, 2.24) is 0 Å². The number of esters is 1. The number of hydrogen-bond acceptors (Lipinski definition) is 5. The van der Waals surface area contributed by atoms with Crippen molar-refractivity contribution >= 4 is 23.6 Å². The van der Waals surface area contributed by atoms with Gasteiger partial charge >= 0.3 is 5.97 Å². The first-order valence-electron chi connectivity index (χ1n) is 6.91. The second-order valence-electron chi connectivity index (χ2n) is 4.94. The Labute approximate surface area is 131 Å². The van der Waals surface area contributed by atoms with Crippen molar-refractivity contribution in [3.05, 3.63) is 81.5 Å². The highest BCUT2D eigenvalue weighted by molar-refractivity contribution is 6.07. The lowest BCUT2D eigenvalue weighted by Crippen LogP contribution is -2.06. The predicted octanol–water partition coefficient (Wildman–Crippen LogP) is 3.13. The Bertz CT molecular complexity index is 808. The van der Waals surface area contributed by atoms with Crippen LogP contribution >= 0.6 is 0 Å². The third-order valence-electron chi connectivity index (χ3n) is 3.27. The number of nitrogens with zero attached hydrogens (tertiary/aromatic N) is 2. The molecule has 114 valence electrons. The fourth-order valence-electron chi connectivity index (χ4n) is 2.15. The number of rotatable bonds is 4. The molecule has 1 heterocycles. The number of nitro benzene ring substituents is 1. The van der Waals surface area contributed by atoms with Crippen LogP contribution in [0, 0.1) is 10.1 Å². The van der Waals surface area contributed by atoms with Crippen molar-refractivity contribution in [3.8, 4) is 0 Å². The summed E-state index contributed by atoms with van der Waals surface area (Å²) in [6.45, 7) is 0. The molecule has 0 atom stereocenters. The molecule has 2 aromatic carbocycles. The number of hydrogen-bond donors (Lipinski definition) is 0. The van der Waals surface area contributed by atoms with E-state index in [1.54, 1.807) is 18.2 Å². The summed E-state index contributed by atoms with van der Waals surface area (Å²) in [4.78, 5) is 26.2. The minimum absolute atomic E-state index is 0.00517. The lowest BCUT2D eigenvalue weighted by atomic mass is 10.1. The fourth-order valence-corrected chi connectivity index (χ4v) is 2.15. The SMILES string of the molecule is O=C1OC(Cc2ccccc2)=N/C1=C/c1ccc([N+](=O)[O-])cc1. The summed E-state index contributed by atoms with van der Waals surface area (Å²) in [5, 5.41) is 10.6. The van der Waals surface area contributed by atoms with Gasteiger partial charge in [0.2, 0.25) is 5.90 Å². The molecule has 0 N–H and O–H groups in total. The zero-order valence-electron chi connectivity index (χ0n) is 12.0. The third kappa shape index (κ3) is 3.49. The van der Waals surface area contributed by atoms with Gasteiger partial charge in [0.15, 0.2) is 5.70 Å². The average Bonchev–Trinajstić information content (AvgIpc) is 2.88. The smallest absolute Gasteiger partial charge is 0.363 e. The maximum absolute atomic E-state index is 11.8. The average molecular weight is 308 g/mol. The molecule has 2 aromatic rings. The first kappa shape index (κ1) is 14.6. The van der Waals surface area contributed by atoms with Gasteiger partial charge in [0.05, 0.1) is 4.92 Å². The van der Waals surface area contributed by atoms with Gasteiger partial charge in [0.1, 0.15) is 0 Å². The Morgan fingerprint density at radius 2 is 1.78 bits per heavy atom. The molecule has 0 aliphatic carbocycles. The van der Waals surface area contributed by atoms with E-state index in [1.807, 2.05) is 30.3 Å². The highest BCUT2D eigenvalue weighted by Gasteiger charge is 2.22. The number of carbonyl (C=O) groups is 1. The van der Waals surface area contributed by atoms with Gasteiger partial charge in [-0.25, -0.2) is 9.79 Å². The Hall–Kier alpha value is -3.28. The van der Waals surface area contributed by atoms with Gasteiger partial charge in [-0.15, -0.1) is 0 Å². The van der Waals surface area contributed by atoms with Gasteiger partial charge in [-0.05, 0) is 29.3 Å². The molecule has 0 bridgehead atoms. The standard InChI is InChI=1S/C17H12N2O4/c20-17-15(10-13-6-8-14(9-7-13)19(21)22)18-16(23-17)11-12-4-2-1-3-5-12/h1-10H,11H2/b15-10+. The molecule has 0 spiro atoms. The first-order valence-corrected chi connectivity index (χ1v) is 6.91. The van der Waals surface area contributed by atoms with E-state index >= 15 is 0 Å². The van der Waals surface area contributed by atoms with E-state index in [0.717, 1.165) is 5.56 Å². The number of nitro groups is 1. The number of carbonyl (C=O) groups excluding carboxylic acids is 1. The maximum Gasteiger partial charge on any atom is 0.363 e. The Balaban J connectivity index is 1.79. The highest BCUT2D eigenvalue weighted by atomic mass is 16.6. The molecule has 0 fully saturated rings. The summed E-state index contributed by atoms with van der Waals surface area (Å²) in [6.07, 6.45) is 1.98. The summed E-state index contributed by atoms with van der Waals surface area (Å²) in [5.41, 5.74) is 1.82. The molecular weight excluding hydrogens is 296 g/mol. The maximum atomic E-state index is 11.8. The monoisotopic (exact) mass is 308 g/mol. The molecule has 6 nitrogen and oxygen atoms in total. The Morgan fingerprint density at radius 1 is 1.09 bits per heavy atom. The van der Waals surface area contributed by atoms with Gasteiger partial charge in [-0.2, -0.15) is 0 Å². The second-order valence-corrected chi connectivity index (χ2v) is 4.94. The molecule has 1 aliphatic rings. The van der Waals surface area contributed by atoms with Crippen LogP contribution in [0.1, 0.15) is 11.1 Å². The van der Waals surface area contributed by atoms with Gasteiger partial charge in [-0.3, -0.25) is 10.1 Å². The number of cyclic esters (lactones) is 1. The first-order chi connectivity index (χ1) is 11.1. The van der Waals surface area contributed by atoms with Crippen LogP contribution in [-0.4, -0.2) is 16.8 Å². The van der Waals surface area contributed by atoms with Crippen molar-refractivity contribution in [2.75, 3.05) is 0 Å². The lowest BCUT2D eigenvalue weighted by molar-refractivity contribution is -0.384. The van der Waals surface area contributed by atoms with Crippen LogP contribution < -0.4 is 0 Å². The lowest BCUT2D eigenvalue weighted by Gasteiger charge is -1.98. The van der Waals surface area contributed by atoms with Crippen LogP contribution in [0.25, 0.3) is 6.08 Å². The van der Waals surface area contributed by atoms with E-state index < -0.39 is 10.9 Å². The topological polar surface area (TPSA) is 81.8 Å². The molecular formula is C17H12N2O4. The van der Waals surface area contributed by atoms with E-state index in [4.69, 9.17) is 4.74 Å². The molecule has 0 saturated heterocycles. The molecule has 6 heteroatoms. The van der Waals surface area contributed by atoms with Crippen molar-refractivity contribution in [2.24, 2.45) is 4.99 Å². The zero-order valence-corrected chi connectivity index (χ0v) is 12.0.